The van der Waals surface area contributed by atoms with Gasteiger partial charge < -0.3 is 15.0 Å². The second-order valence-electron chi connectivity index (χ2n) is 5.51. The quantitative estimate of drug-likeness (QED) is 0.652. The van der Waals surface area contributed by atoms with E-state index in [1.165, 1.54) is 0 Å². The van der Waals surface area contributed by atoms with E-state index in [9.17, 15) is 0 Å². The van der Waals surface area contributed by atoms with Crippen molar-refractivity contribution < 1.29 is 9.31 Å². The highest BCUT2D eigenvalue weighted by molar-refractivity contribution is 6.62. The van der Waals surface area contributed by atoms with E-state index in [1.54, 1.807) is 6.07 Å². The van der Waals surface area contributed by atoms with Crippen LogP contribution in [0.5, 0.6) is 0 Å². The van der Waals surface area contributed by atoms with Gasteiger partial charge in [0.05, 0.1) is 16.9 Å². The Hall–Kier alpha value is -0.615. The minimum Gasteiger partial charge on any atom is -0.399 e. The third kappa shape index (κ3) is 2.40. The summed E-state index contributed by atoms with van der Waals surface area (Å²) >= 11 is 5.97. The number of rotatable bonds is 2. The molecule has 2 rings (SSSR count). The molecule has 0 amide bonds. The lowest BCUT2D eigenvalue weighted by molar-refractivity contribution is 0.00578. The second kappa shape index (κ2) is 4.49. The molecule has 0 unspecified atom stereocenters. The van der Waals surface area contributed by atoms with Crippen molar-refractivity contribution in [3.8, 4) is 0 Å². The topological polar surface area (TPSA) is 57.4 Å². The Morgan fingerprint density at radius 2 is 1.78 bits per heavy atom. The molecule has 18 heavy (non-hydrogen) atoms. The van der Waals surface area contributed by atoms with Gasteiger partial charge in [0.25, 0.3) is 0 Å². The maximum Gasteiger partial charge on any atom is 0.495 e. The first-order chi connectivity index (χ1) is 8.25. The highest BCUT2D eigenvalue weighted by Crippen LogP contribution is 2.36. The van der Waals surface area contributed by atoms with E-state index in [0.29, 0.717) is 11.7 Å². The Kier molecular flexibility index (Phi) is 3.45. The Morgan fingerprint density at radius 1 is 1.22 bits per heavy atom. The number of aromatic nitrogens is 1. The molecule has 0 aliphatic carbocycles. The molecule has 0 aromatic carbocycles. The fourth-order valence-electron chi connectivity index (χ4n) is 1.79. The van der Waals surface area contributed by atoms with Crippen LogP contribution in [-0.4, -0.2) is 23.3 Å². The van der Waals surface area contributed by atoms with Gasteiger partial charge in [-0.15, -0.1) is 0 Å². The number of nitrogens with two attached hydrogens (primary N) is 1. The minimum absolute atomic E-state index is 0.340. The number of hydrogen-bond donors (Lipinski definition) is 1. The lowest BCUT2D eigenvalue weighted by atomic mass is 9.79. The van der Waals surface area contributed by atoms with Gasteiger partial charge in [-0.1, -0.05) is 11.6 Å². The third-order valence-corrected chi connectivity index (χ3v) is 3.80. The summed E-state index contributed by atoms with van der Waals surface area (Å²) in [6, 6.07) is 3.62. The first-order valence-corrected chi connectivity index (χ1v) is 6.35. The predicted molar refractivity (Wildman–Crippen MR) is 72.9 cm³/mol. The largest absolute Gasteiger partial charge is 0.495 e. The van der Waals surface area contributed by atoms with Crippen LogP contribution in [0.15, 0.2) is 12.1 Å². The van der Waals surface area contributed by atoms with Crippen LogP contribution >= 0.6 is 11.6 Å². The lowest BCUT2D eigenvalue weighted by Gasteiger charge is -2.32. The molecule has 6 heteroatoms. The van der Waals surface area contributed by atoms with E-state index in [2.05, 4.69) is 4.98 Å². The standard InChI is InChI=1S/C12H18BClN2O2/c1-11(2)12(3,4)18-13(17-11)8-5-9(7-15)16-10(14)6-8/h5-6H,7,15H2,1-4H3. The zero-order chi connectivity index (χ0) is 13.6. The van der Waals surface area contributed by atoms with Crippen LogP contribution in [0, 0.1) is 0 Å². The van der Waals surface area contributed by atoms with Crippen LogP contribution in [0.1, 0.15) is 33.4 Å². The van der Waals surface area contributed by atoms with E-state index in [1.807, 2.05) is 33.8 Å². The number of pyridine rings is 1. The van der Waals surface area contributed by atoms with Crippen molar-refractivity contribution in [3.63, 3.8) is 0 Å². The van der Waals surface area contributed by atoms with Crippen LogP contribution in [0.25, 0.3) is 0 Å². The van der Waals surface area contributed by atoms with Gasteiger partial charge in [-0.25, -0.2) is 4.98 Å². The van der Waals surface area contributed by atoms with Crippen LogP contribution in [0.3, 0.4) is 0 Å². The summed E-state index contributed by atoms with van der Waals surface area (Å²) in [5.41, 5.74) is 6.45. The molecular formula is C12H18BClN2O2. The van der Waals surface area contributed by atoms with E-state index >= 15 is 0 Å². The average molecular weight is 269 g/mol. The summed E-state index contributed by atoms with van der Waals surface area (Å²) < 4.78 is 11.9. The first-order valence-electron chi connectivity index (χ1n) is 5.97. The predicted octanol–water partition coefficient (Wildman–Crippen LogP) is 1.49. The summed E-state index contributed by atoms with van der Waals surface area (Å²) in [4.78, 5) is 4.13. The van der Waals surface area contributed by atoms with Crippen molar-refractivity contribution in [2.75, 3.05) is 0 Å². The molecule has 2 N–H and O–H groups in total. The number of halogens is 1. The maximum absolute atomic E-state index is 5.97. The highest BCUT2D eigenvalue weighted by atomic mass is 35.5. The highest BCUT2D eigenvalue weighted by Gasteiger charge is 2.51. The summed E-state index contributed by atoms with van der Waals surface area (Å²) in [7, 11) is -0.430. The molecule has 2 heterocycles. The van der Waals surface area contributed by atoms with Gasteiger partial charge in [-0.2, -0.15) is 0 Å². The molecule has 0 saturated carbocycles. The van der Waals surface area contributed by atoms with Crippen molar-refractivity contribution in [1.29, 1.82) is 0 Å². The van der Waals surface area contributed by atoms with Crippen molar-refractivity contribution in [3.05, 3.63) is 23.0 Å². The fraction of sp³-hybridized carbons (Fsp3) is 0.583. The van der Waals surface area contributed by atoms with E-state index in [-0.39, 0.29) is 11.2 Å². The van der Waals surface area contributed by atoms with E-state index in [4.69, 9.17) is 26.6 Å². The smallest absolute Gasteiger partial charge is 0.399 e. The Morgan fingerprint density at radius 3 is 2.28 bits per heavy atom. The van der Waals surface area contributed by atoms with Gasteiger partial charge in [0.1, 0.15) is 5.15 Å². The Labute approximate surface area is 113 Å². The molecule has 0 spiro atoms. The van der Waals surface area contributed by atoms with Crippen LogP contribution < -0.4 is 11.2 Å². The Bertz CT molecular complexity index is 449. The van der Waals surface area contributed by atoms with Crippen LogP contribution in [0.2, 0.25) is 5.15 Å². The van der Waals surface area contributed by atoms with E-state index in [0.717, 1.165) is 11.2 Å². The molecule has 1 aromatic rings. The molecule has 0 bridgehead atoms. The number of hydrogen-bond acceptors (Lipinski definition) is 4. The first kappa shape index (κ1) is 13.8. The molecule has 1 saturated heterocycles. The molecular weight excluding hydrogens is 250 g/mol. The SMILES string of the molecule is CC1(C)OB(c2cc(Cl)nc(CN)c2)OC1(C)C. The third-order valence-electron chi connectivity index (χ3n) is 3.60. The van der Waals surface area contributed by atoms with Gasteiger partial charge in [-0.05, 0) is 45.3 Å². The van der Waals surface area contributed by atoms with E-state index < -0.39 is 7.12 Å². The van der Waals surface area contributed by atoms with Gasteiger partial charge >= 0.3 is 7.12 Å². The zero-order valence-electron chi connectivity index (χ0n) is 11.2. The Balaban J connectivity index is 2.32. The van der Waals surface area contributed by atoms with Gasteiger partial charge in [-0.3, -0.25) is 0 Å². The summed E-state index contributed by atoms with van der Waals surface area (Å²) in [6.07, 6.45) is 0. The second-order valence-corrected chi connectivity index (χ2v) is 5.89. The average Bonchev–Trinajstić information content (AvgIpc) is 2.47. The molecule has 0 radical (unpaired) electrons. The normalized spacial score (nSPS) is 21.3. The molecule has 1 aliphatic heterocycles. The summed E-state index contributed by atoms with van der Waals surface area (Å²) in [5, 5.41) is 0.405. The minimum atomic E-state index is -0.430. The summed E-state index contributed by atoms with van der Waals surface area (Å²) in [5.74, 6) is 0. The molecule has 1 aromatic heterocycles. The maximum atomic E-state index is 5.97. The van der Waals surface area contributed by atoms with Gasteiger partial charge in [0.15, 0.2) is 0 Å². The summed E-state index contributed by atoms with van der Waals surface area (Å²) in [6.45, 7) is 8.39. The van der Waals surface area contributed by atoms with Crippen molar-refractivity contribution >= 4 is 24.2 Å². The van der Waals surface area contributed by atoms with Crippen LogP contribution in [0.4, 0.5) is 0 Å². The molecule has 98 valence electrons. The number of nitrogens with zero attached hydrogens (tertiary/aromatic N) is 1. The van der Waals surface area contributed by atoms with Crippen molar-refractivity contribution in [2.24, 2.45) is 5.73 Å². The molecule has 0 atom stereocenters. The van der Waals surface area contributed by atoms with Crippen molar-refractivity contribution in [2.45, 2.75) is 45.4 Å². The fourth-order valence-corrected chi connectivity index (χ4v) is 2.03. The molecule has 1 fully saturated rings. The van der Waals surface area contributed by atoms with Crippen molar-refractivity contribution in [1.82, 2.24) is 4.98 Å². The zero-order valence-corrected chi connectivity index (χ0v) is 11.9. The van der Waals surface area contributed by atoms with Crippen LogP contribution in [-0.2, 0) is 15.9 Å². The molecule has 1 aliphatic rings. The molecule has 4 nitrogen and oxygen atoms in total. The monoisotopic (exact) mass is 268 g/mol. The lowest BCUT2D eigenvalue weighted by Crippen LogP contribution is -2.41. The van der Waals surface area contributed by atoms with Gasteiger partial charge in [0, 0.05) is 6.54 Å². The van der Waals surface area contributed by atoms with Gasteiger partial charge in [0.2, 0.25) is 0 Å².